The molecule has 0 aromatic heterocycles. The molecule has 2 rings (SSSR count). The van der Waals surface area contributed by atoms with E-state index in [0.29, 0.717) is 0 Å². The standard InChI is InChI=1S/C17H34N2O/c1-15(2)17-14-18-10-7-5-9-16(18)13-19(17)11-6-4-8-12-20-3/h15-17H,4-14H2,1-3H3. The summed E-state index contributed by atoms with van der Waals surface area (Å²) in [5.74, 6) is 0.775. The predicted molar refractivity (Wildman–Crippen MR) is 85.1 cm³/mol. The van der Waals surface area contributed by atoms with Crippen molar-refractivity contribution in [3.05, 3.63) is 0 Å². The molecule has 2 saturated heterocycles. The van der Waals surface area contributed by atoms with Gasteiger partial charge in [-0.2, -0.15) is 0 Å². The number of fused-ring (bicyclic) bond motifs is 1. The van der Waals surface area contributed by atoms with Crippen molar-refractivity contribution in [2.75, 3.05) is 39.9 Å². The Morgan fingerprint density at radius 2 is 1.95 bits per heavy atom. The first-order valence-electron chi connectivity index (χ1n) is 8.69. The summed E-state index contributed by atoms with van der Waals surface area (Å²) in [5, 5.41) is 0. The largest absolute Gasteiger partial charge is 0.385 e. The third kappa shape index (κ3) is 4.44. The zero-order chi connectivity index (χ0) is 14.4. The van der Waals surface area contributed by atoms with Gasteiger partial charge in [0.2, 0.25) is 0 Å². The van der Waals surface area contributed by atoms with Gasteiger partial charge in [-0.25, -0.2) is 0 Å². The van der Waals surface area contributed by atoms with Crippen LogP contribution in [0.5, 0.6) is 0 Å². The third-order valence-corrected chi connectivity index (χ3v) is 5.15. The molecule has 2 aliphatic heterocycles. The van der Waals surface area contributed by atoms with Crippen LogP contribution in [0, 0.1) is 5.92 Å². The molecule has 2 aliphatic rings. The lowest BCUT2D eigenvalue weighted by Gasteiger charge is -2.50. The third-order valence-electron chi connectivity index (χ3n) is 5.15. The number of piperidine rings is 1. The molecular formula is C17H34N2O. The Bertz CT molecular complexity index is 270. The van der Waals surface area contributed by atoms with E-state index in [0.717, 1.165) is 24.6 Å². The quantitative estimate of drug-likeness (QED) is 0.668. The van der Waals surface area contributed by atoms with Crippen molar-refractivity contribution in [2.24, 2.45) is 5.92 Å². The van der Waals surface area contributed by atoms with Gasteiger partial charge in [0.15, 0.2) is 0 Å². The van der Waals surface area contributed by atoms with Gasteiger partial charge >= 0.3 is 0 Å². The Morgan fingerprint density at radius 1 is 1.10 bits per heavy atom. The van der Waals surface area contributed by atoms with E-state index in [1.807, 2.05) is 0 Å². The summed E-state index contributed by atoms with van der Waals surface area (Å²) in [6.07, 6.45) is 8.13. The number of piperazine rings is 1. The van der Waals surface area contributed by atoms with Crippen LogP contribution in [0.25, 0.3) is 0 Å². The average molecular weight is 282 g/mol. The molecule has 0 saturated carbocycles. The molecule has 0 aromatic rings. The molecule has 3 heteroatoms. The number of unbranched alkanes of at least 4 members (excludes halogenated alkanes) is 2. The highest BCUT2D eigenvalue weighted by Crippen LogP contribution is 2.27. The summed E-state index contributed by atoms with van der Waals surface area (Å²) >= 11 is 0. The van der Waals surface area contributed by atoms with Crippen LogP contribution >= 0.6 is 0 Å². The van der Waals surface area contributed by atoms with Crippen molar-refractivity contribution in [1.29, 1.82) is 0 Å². The van der Waals surface area contributed by atoms with Crippen LogP contribution in [0.4, 0.5) is 0 Å². The Balaban J connectivity index is 1.81. The first-order chi connectivity index (χ1) is 9.72. The Hall–Kier alpha value is -0.120. The Kier molecular flexibility index (Phi) is 6.79. The normalized spacial score (nSPS) is 28.8. The van der Waals surface area contributed by atoms with E-state index in [1.165, 1.54) is 64.7 Å². The number of hydrogen-bond donors (Lipinski definition) is 0. The topological polar surface area (TPSA) is 15.7 Å². The van der Waals surface area contributed by atoms with Crippen molar-refractivity contribution in [2.45, 2.75) is 64.5 Å². The molecule has 0 aliphatic carbocycles. The summed E-state index contributed by atoms with van der Waals surface area (Å²) in [4.78, 5) is 5.57. The van der Waals surface area contributed by atoms with Gasteiger partial charge in [0.25, 0.3) is 0 Å². The van der Waals surface area contributed by atoms with Crippen LogP contribution in [0.2, 0.25) is 0 Å². The van der Waals surface area contributed by atoms with E-state index in [2.05, 4.69) is 23.6 Å². The van der Waals surface area contributed by atoms with Crippen molar-refractivity contribution in [1.82, 2.24) is 9.80 Å². The average Bonchev–Trinajstić information content (AvgIpc) is 2.46. The first kappa shape index (κ1) is 16.3. The zero-order valence-corrected chi connectivity index (χ0v) is 13.8. The fourth-order valence-electron chi connectivity index (χ4n) is 3.90. The summed E-state index contributed by atoms with van der Waals surface area (Å²) in [7, 11) is 1.80. The minimum absolute atomic E-state index is 0.770. The first-order valence-corrected chi connectivity index (χ1v) is 8.69. The SMILES string of the molecule is COCCCCCN1CC2CCCCN2CC1C(C)C. The highest BCUT2D eigenvalue weighted by atomic mass is 16.5. The molecule has 0 radical (unpaired) electrons. The lowest BCUT2D eigenvalue weighted by atomic mass is 9.92. The van der Waals surface area contributed by atoms with Crippen LogP contribution < -0.4 is 0 Å². The number of methoxy groups -OCH3 is 1. The van der Waals surface area contributed by atoms with Gasteiger partial charge in [0.1, 0.15) is 0 Å². The predicted octanol–water partition coefficient (Wildman–Crippen LogP) is 3.00. The molecule has 2 fully saturated rings. The maximum Gasteiger partial charge on any atom is 0.0462 e. The fourth-order valence-corrected chi connectivity index (χ4v) is 3.90. The summed E-state index contributed by atoms with van der Waals surface area (Å²) < 4.78 is 5.14. The van der Waals surface area contributed by atoms with Crippen LogP contribution in [0.3, 0.4) is 0 Å². The van der Waals surface area contributed by atoms with Crippen LogP contribution in [0.1, 0.15) is 52.4 Å². The molecule has 0 aromatic carbocycles. The van der Waals surface area contributed by atoms with Gasteiger partial charge in [-0.3, -0.25) is 9.80 Å². The second-order valence-electron chi connectivity index (χ2n) is 7.00. The molecule has 2 unspecified atom stereocenters. The van der Waals surface area contributed by atoms with E-state index in [9.17, 15) is 0 Å². The smallest absolute Gasteiger partial charge is 0.0462 e. The molecule has 0 amide bonds. The molecule has 2 atom stereocenters. The lowest BCUT2D eigenvalue weighted by Crippen LogP contribution is -2.61. The maximum atomic E-state index is 5.14. The molecule has 20 heavy (non-hydrogen) atoms. The minimum Gasteiger partial charge on any atom is -0.385 e. The second-order valence-corrected chi connectivity index (χ2v) is 7.00. The Labute approximate surface area is 125 Å². The summed E-state index contributed by atoms with van der Waals surface area (Å²) in [5.41, 5.74) is 0. The lowest BCUT2D eigenvalue weighted by molar-refractivity contribution is -0.00822. The van der Waals surface area contributed by atoms with E-state index in [1.54, 1.807) is 7.11 Å². The van der Waals surface area contributed by atoms with Gasteiger partial charge in [-0.15, -0.1) is 0 Å². The summed E-state index contributed by atoms with van der Waals surface area (Å²) in [6.45, 7) is 11.0. The van der Waals surface area contributed by atoms with E-state index in [4.69, 9.17) is 4.74 Å². The molecule has 0 spiro atoms. The fraction of sp³-hybridized carbons (Fsp3) is 1.00. The summed E-state index contributed by atoms with van der Waals surface area (Å²) in [6, 6.07) is 1.62. The number of ether oxygens (including phenoxy) is 1. The zero-order valence-electron chi connectivity index (χ0n) is 13.8. The monoisotopic (exact) mass is 282 g/mol. The van der Waals surface area contributed by atoms with Gasteiger partial charge < -0.3 is 4.74 Å². The van der Waals surface area contributed by atoms with E-state index >= 15 is 0 Å². The molecule has 0 bridgehead atoms. The van der Waals surface area contributed by atoms with Crippen molar-refractivity contribution >= 4 is 0 Å². The number of nitrogens with zero attached hydrogens (tertiary/aromatic N) is 2. The maximum absolute atomic E-state index is 5.14. The van der Waals surface area contributed by atoms with Crippen molar-refractivity contribution in [3.63, 3.8) is 0 Å². The molecule has 0 N–H and O–H groups in total. The van der Waals surface area contributed by atoms with E-state index < -0.39 is 0 Å². The van der Waals surface area contributed by atoms with Gasteiger partial charge in [0.05, 0.1) is 0 Å². The minimum atomic E-state index is 0.770. The van der Waals surface area contributed by atoms with Crippen LogP contribution in [-0.2, 0) is 4.74 Å². The van der Waals surface area contributed by atoms with Gasteiger partial charge in [0, 0.05) is 38.9 Å². The van der Waals surface area contributed by atoms with Crippen LogP contribution in [-0.4, -0.2) is 61.8 Å². The number of hydrogen-bond acceptors (Lipinski definition) is 3. The highest BCUT2D eigenvalue weighted by molar-refractivity contribution is 4.91. The number of rotatable bonds is 7. The van der Waals surface area contributed by atoms with Crippen LogP contribution in [0.15, 0.2) is 0 Å². The molecule has 118 valence electrons. The van der Waals surface area contributed by atoms with Gasteiger partial charge in [-0.05, 0) is 51.1 Å². The highest BCUT2D eigenvalue weighted by Gasteiger charge is 2.35. The van der Waals surface area contributed by atoms with E-state index in [-0.39, 0.29) is 0 Å². The molecule has 3 nitrogen and oxygen atoms in total. The Morgan fingerprint density at radius 3 is 2.70 bits per heavy atom. The second kappa shape index (κ2) is 8.35. The van der Waals surface area contributed by atoms with Crippen molar-refractivity contribution < 1.29 is 4.74 Å². The molecular weight excluding hydrogens is 248 g/mol. The van der Waals surface area contributed by atoms with Gasteiger partial charge in [-0.1, -0.05) is 20.3 Å². The molecule has 2 heterocycles. The van der Waals surface area contributed by atoms with Crippen molar-refractivity contribution in [3.8, 4) is 0 Å².